The van der Waals surface area contributed by atoms with Crippen LogP contribution in [0.25, 0.3) is 0 Å². The SMILES string of the molecule is C=C(O)/C(F)=C\C.CC. The molecule has 1 nitrogen and oxygen atoms in total. The first-order valence-corrected chi connectivity index (χ1v) is 2.88. The lowest BCUT2D eigenvalue weighted by Gasteiger charge is -1.86. The zero-order valence-corrected chi connectivity index (χ0v) is 6.11. The molecule has 0 rings (SSSR count). The van der Waals surface area contributed by atoms with Crippen molar-refractivity contribution in [1.82, 2.24) is 0 Å². The lowest BCUT2D eigenvalue weighted by molar-refractivity contribution is 0.391. The lowest BCUT2D eigenvalue weighted by atomic mass is 10.4. The van der Waals surface area contributed by atoms with Gasteiger partial charge in [0.2, 0.25) is 0 Å². The third-order valence-electron chi connectivity index (χ3n) is 0.529. The summed E-state index contributed by atoms with van der Waals surface area (Å²) in [5.74, 6) is -1.18. The number of hydrogen-bond acceptors (Lipinski definition) is 1. The Morgan fingerprint density at radius 1 is 1.56 bits per heavy atom. The van der Waals surface area contributed by atoms with Gasteiger partial charge in [-0.05, 0) is 13.0 Å². The first-order chi connectivity index (χ1) is 4.18. The number of halogens is 1. The van der Waals surface area contributed by atoms with E-state index in [0.29, 0.717) is 0 Å². The molecule has 2 heteroatoms. The summed E-state index contributed by atoms with van der Waals surface area (Å²) in [4.78, 5) is 0. The van der Waals surface area contributed by atoms with Crippen LogP contribution < -0.4 is 0 Å². The second-order valence-electron chi connectivity index (χ2n) is 1.08. The molecule has 0 spiro atoms. The van der Waals surface area contributed by atoms with Gasteiger partial charge in [0.25, 0.3) is 0 Å². The Labute approximate surface area is 55.5 Å². The smallest absolute Gasteiger partial charge is 0.159 e. The van der Waals surface area contributed by atoms with Crippen LogP contribution in [0.2, 0.25) is 0 Å². The maximum atomic E-state index is 11.8. The average Bonchev–Trinajstić information content (AvgIpc) is 1.91. The topological polar surface area (TPSA) is 20.2 Å². The molecule has 9 heavy (non-hydrogen) atoms. The molecule has 0 amide bonds. The molecule has 0 aliphatic heterocycles. The third-order valence-corrected chi connectivity index (χ3v) is 0.529. The van der Waals surface area contributed by atoms with Gasteiger partial charge in [-0.3, -0.25) is 0 Å². The third kappa shape index (κ3) is 7.21. The summed E-state index contributed by atoms with van der Waals surface area (Å²) in [6.45, 7) is 8.42. The van der Waals surface area contributed by atoms with Gasteiger partial charge in [-0.15, -0.1) is 0 Å². The minimum atomic E-state index is -0.667. The highest BCUT2D eigenvalue weighted by molar-refractivity contribution is 5.12. The fraction of sp³-hybridized carbons (Fsp3) is 0.429. The fourth-order valence-corrected chi connectivity index (χ4v) is 0.167. The average molecular weight is 132 g/mol. The molecule has 0 bridgehead atoms. The molecule has 54 valence electrons. The van der Waals surface area contributed by atoms with Crippen molar-refractivity contribution in [2.45, 2.75) is 20.8 Å². The minimum Gasteiger partial charge on any atom is -0.506 e. The summed E-state index contributed by atoms with van der Waals surface area (Å²) in [6.07, 6.45) is 1.14. The van der Waals surface area contributed by atoms with Gasteiger partial charge in [0, 0.05) is 0 Å². The Kier molecular flexibility index (Phi) is 8.87. The Balaban J connectivity index is 0. The first kappa shape index (κ1) is 11.1. The van der Waals surface area contributed by atoms with Crippen molar-refractivity contribution in [2.24, 2.45) is 0 Å². The molecular weight excluding hydrogens is 119 g/mol. The van der Waals surface area contributed by atoms with Gasteiger partial charge in [0.05, 0.1) is 0 Å². The number of allylic oxidation sites excluding steroid dienone is 2. The Hall–Kier alpha value is -0.790. The maximum absolute atomic E-state index is 11.8. The van der Waals surface area contributed by atoms with Crippen LogP contribution in [-0.2, 0) is 0 Å². The van der Waals surface area contributed by atoms with Crippen LogP contribution in [0.4, 0.5) is 4.39 Å². The highest BCUT2D eigenvalue weighted by Gasteiger charge is 1.90. The molecule has 0 unspecified atom stereocenters. The molecule has 0 radical (unpaired) electrons. The number of hydrogen-bond donors (Lipinski definition) is 1. The van der Waals surface area contributed by atoms with Gasteiger partial charge in [-0.25, -0.2) is 4.39 Å². The monoisotopic (exact) mass is 132 g/mol. The minimum absolute atomic E-state index is 0.512. The highest BCUT2D eigenvalue weighted by Crippen LogP contribution is 2.02. The van der Waals surface area contributed by atoms with E-state index in [1.165, 1.54) is 6.92 Å². The van der Waals surface area contributed by atoms with Crippen molar-refractivity contribution in [3.8, 4) is 0 Å². The van der Waals surface area contributed by atoms with Crippen LogP contribution in [0.5, 0.6) is 0 Å². The maximum Gasteiger partial charge on any atom is 0.159 e. The summed E-state index contributed by atoms with van der Waals surface area (Å²) >= 11 is 0. The Morgan fingerprint density at radius 2 is 1.89 bits per heavy atom. The Bertz CT molecular complexity index is 105. The van der Waals surface area contributed by atoms with Crippen LogP contribution in [0.1, 0.15) is 20.8 Å². The fourth-order valence-electron chi connectivity index (χ4n) is 0.167. The number of rotatable bonds is 1. The van der Waals surface area contributed by atoms with E-state index >= 15 is 0 Å². The molecule has 0 saturated carbocycles. The zero-order chi connectivity index (χ0) is 7.86. The van der Waals surface area contributed by atoms with E-state index in [9.17, 15) is 4.39 Å². The predicted octanol–water partition coefficient (Wildman–Crippen LogP) is 2.96. The summed E-state index contributed by atoms with van der Waals surface area (Å²) in [6, 6.07) is 0. The molecule has 0 saturated heterocycles. The van der Waals surface area contributed by atoms with Crippen LogP contribution in [-0.4, -0.2) is 5.11 Å². The van der Waals surface area contributed by atoms with Crippen molar-refractivity contribution in [3.63, 3.8) is 0 Å². The highest BCUT2D eigenvalue weighted by atomic mass is 19.1. The second kappa shape index (κ2) is 7.21. The summed E-state index contributed by atoms with van der Waals surface area (Å²) in [7, 11) is 0. The zero-order valence-electron chi connectivity index (χ0n) is 6.11. The van der Waals surface area contributed by atoms with Crippen molar-refractivity contribution in [1.29, 1.82) is 0 Å². The summed E-state index contributed by atoms with van der Waals surface area (Å²) in [5.41, 5.74) is 0. The first-order valence-electron chi connectivity index (χ1n) is 2.88. The van der Waals surface area contributed by atoms with E-state index in [1.807, 2.05) is 13.8 Å². The normalized spacial score (nSPS) is 9.56. The van der Waals surface area contributed by atoms with Crippen molar-refractivity contribution in [2.75, 3.05) is 0 Å². The van der Waals surface area contributed by atoms with Crippen molar-refractivity contribution >= 4 is 0 Å². The van der Waals surface area contributed by atoms with Crippen LogP contribution in [0.15, 0.2) is 24.2 Å². The molecule has 1 N–H and O–H groups in total. The van der Waals surface area contributed by atoms with Gasteiger partial charge in [-0.2, -0.15) is 0 Å². The van der Waals surface area contributed by atoms with Gasteiger partial charge < -0.3 is 5.11 Å². The van der Waals surface area contributed by atoms with E-state index < -0.39 is 11.6 Å². The second-order valence-corrected chi connectivity index (χ2v) is 1.08. The summed E-state index contributed by atoms with van der Waals surface area (Å²) < 4.78 is 11.8. The van der Waals surface area contributed by atoms with Crippen LogP contribution >= 0.6 is 0 Å². The van der Waals surface area contributed by atoms with Gasteiger partial charge in [-0.1, -0.05) is 20.4 Å². The predicted molar refractivity (Wildman–Crippen MR) is 38.0 cm³/mol. The van der Waals surface area contributed by atoms with Gasteiger partial charge >= 0.3 is 0 Å². The standard InChI is InChI=1S/C5H7FO.C2H6/c1-3-5(6)4(2)7;1-2/h3,7H,2H2,1H3;1-2H3/b5-3+;. The van der Waals surface area contributed by atoms with E-state index in [1.54, 1.807) is 0 Å². The molecule has 0 heterocycles. The molecule has 0 fully saturated rings. The van der Waals surface area contributed by atoms with E-state index in [0.717, 1.165) is 6.08 Å². The van der Waals surface area contributed by atoms with E-state index in [2.05, 4.69) is 6.58 Å². The lowest BCUT2D eigenvalue weighted by Crippen LogP contribution is -1.74. The Morgan fingerprint density at radius 3 is 1.89 bits per heavy atom. The molecular formula is C7H13FO. The van der Waals surface area contributed by atoms with E-state index in [4.69, 9.17) is 5.11 Å². The molecule has 0 atom stereocenters. The molecule has 0 aromatic carbocycles. The van der Waals surface area contributed by atoms with Crippen LogP contribution in [0, 0.1) is 0 Å². The molecule has 0 aliphatic rings. The van der Waals surface area contributed by atoms with Crippen molar-refractivity contribution < 1.29 is 9.50 Å². The van der Waals surface area contributed by atoms with E-state index in [-0.39, 0.29) is 0 Å². The van der Waals surface area contributed by atoms with Crippen molar-refractivity contribution in [3.05, 3.63) is 24.2 Å². The quantitative estimate of drug-likeness (QED) is 0.429. The summed E-state index contributed by atoms with van der Waals surface area (Å²) in [5, 5.41) is 8.18. The largest absolute Gasteiger partial charge is 0.506 e. The molecule has 0 aromatic heterocycles. The van der Waals surface area contributed by atoms with Crippen LogP contribution in [0.3, 0.4) is 0 Å². The molecule has 0 aliphatic carbocycles. The number of aliphatic hydroxyl groups is 1. The van der Waals surface area contributed by atoms with Gasteiger partial charge in [0.15, 0.2) is 5.83 Å². The van der Waals surface area contributed by atoms with Gasteiger partial charge in [0.1, 0.15) is 5.76 Å². The number of aliphatic hydroxyl groups excluding tert-OH is 1. The molecule has 0 aromatic rings.